The standard InChI is InChI=1S/C37H45N3O2/c1-4-5-23-40-34(35(31-19-15-27(2)16-20-31)38-36(40)33-14-10-9-11-28(33)3)26-39(24-29-12-7-6-8-13-29)25-30-17-21-32(22-18-30)37(41)42/h9-11,14-22,29H,4-8,12-13,23-26H2,1-3H3,(H,41,42). The SMILES string of the molecule is CCCCn1c(-c2ccccc2C)nc(-c2ccc(C)cc2)c1CN(Cc1ccc(C(=O)O)cc1)CC1CCCCC1. The number of rotatable bonds is 12. The molecule has 1 aromatic heterocycles. The third-order valence-electron chi connectivity index (χ3n) is 8.74. The number of hydrogen-bond donors (Lipinski definition) is 1. The van der Waals surface area contributed by atoms with Crippen molar-refractivity contribution >= 4 is 5.97 Å². The van der Waals surface area contributed by atoms with Gasteiger partial charge in [0.15, 0.2) is 0 Å². The smallest absolute Gasteiger partial charge is 0.335 e. The van der Waals surface area contributed by atoms with Crippen LogP contribution >= 0.6 is 0 Å². The normalized spacial score (nSPS) is 14.0. The van der Waals surface area contributed by atoms with E-state index in [2.05, 4.69) is 78.8 Å². The van der Waals surface area contributed by atoms with Gasteiger partial charge in [-0.15, -0.1) is 0 Å². The van der Waals surface area contributed by atoms with Gasteiger partial charge in [0.1, 0.15) is 5.82 Å². The van der Waals surface area contributed by atoms with Crippen LogP contribution in [0.25, 0.3) is 22.6 Å². The van der Waals surface area contributed by atoms with Crippen molar-refractivity contribution in [2.45, 2.75) is 85.4 Å². The molecule has 0 atom stereocenters. The van der Waals surface area contributed by atoms with Crippen molar-refractivity contribution in [1.82, 2.24) is 14.5 Å². The minimum Gasteiger partial charge on any atom is -0.478 e. The molecule has 0 saturated heterocycles. The monoisotopic (exact) mass is 563 g/mol. The fourth-order valence-corrected chi connectivity index (χ4v) is 6.32. The lowest BCUT2D eigenvalue weighted by Gasteiger charge is -2.30. The second-order valence-corrected chi connectivity index (χ2v) is 12.1. The zero-order chi connectivity index (χ0) is 29.5. The molecule has 0 radical (unpaired) electrons. The van der Waals surface area contributed by atoms with E-state index in [0.29, 0.717) is 11.5 Å². The second-order valence-electron chi connectivity index (χ2n) is 12.1. The summed E-state index contributed by atoms with van der Waals surface area (Å²) < 4.78 is 2.49. The van der Waals surface area contributed by atoms with Gasteiger partial charge in [-0.05, 0) is 62.3 Å². The van der Waals surface area contributed by atoms with Gasteiger partial charge >= 0.3 is 5.97 Å². The topological polar surface area (TPSA) is 58.4 Å². The molecule has 0 spiro atoms. The Morgan fingerprint density at radius 1 is 0.929 bits per heavy atom. The first kappa shape index (κ1) is 29.8. The van der Waals surface area contributed by atoms with E-state index in [1.54, 1.807) is 12.1 Å². The van der Waals surface area contributed by atoms with Crippen molar-refractivity contribution in [2.24, 2.45) is 5.92 Å². The van der Waals surface area contributed by atoms with Crippen molar-refractivity contribution < 1.29 is 9.90 Å². The maximum Gasteiger partial charge on any atom is 0.335 e. The van der Waals surface area contributed by atoms with Crippen LogP contribution in [0.1, 0.15) is 84.6 Å². The molecule has 1 fully saturated rings. The number of hydrogen-bond acceptors (Lipinski definition) is 3. The van der Waals surface area contributed by atoms with Crippen LogP contribution in [0.3, 0.4) is 0 Å². The molecule has 5 rings (SSSR count). The molecule has 1 aliphatic rings. The summed E-state index contributed by atoms with van der Waals surface area (Å²) in [5, 5.41) is 9.42. The number of unbranched alkanes of at least 4 members (excludes halogenated alkanes) is 1. The molecule has 0 unspecified atom stereocenters. The van der Waals surface area contributed by atoms with Crippen molar-refractivity contribution in [3.8, 4) is 22.6 Å². The molecule has 5 nitrogen and oxygen atoms in total. The van der Waals surface area contributed by atoms with Gasteiger partial charge in [0, 0.05) is 37.3 Å². The number of carboxylic acid groups (broad SMARTS) is 1. The lowest BCUT2D eigenvalue weighted by Crippen LogP contribution is -2.31. The van der Waals surface area contributed by atoms with Crippen molar-refractivity contribution in [2.75, 3.05) is 6.54 Å². The van der Waals surface area contributed by atoms with Gasteiger partial charge in [0.25, 0.3) is 0 Å². The maximum absolute atomic E-state index is 11.5. The molecular formula is C37H45N3O2. The molecule has 1 saturated carbocycles. The Hall–Kier alpha value is -3.70. The Bertz CT molecular complexity index is 1460. The first-order valence-corrected chi connectivity index (χ1v) is 15.7. The average Bonchev–Trinajstić information content (AvgIpc) is 3.34. The number of carbonyl (C=O) groups is 1. The second kappa shape index (κ2) is 14.0. The number of imidazole rings is 1. The third-order valence-corrected chi connectivity index (χ3v) is 8.74. The van der Waals surface area contributed by atoms with Crippen molar-refractivity contribution in [3.05, 3.63) is 101 Å². The van der Waals surface area contributed by atoms with E-state index >= 15 is 0 Å². The first-order chi connectivity index (χ1) is 20.4. The predicted molar refractivity (Wildman–Crippen MR) is 172 cm³/mol. The predicted octanol–water partition coefficient (Wildman–Crippen LogP) is 8.91. The van der Waals surface area contributed by atoms with E-state index in [1.165, 1.54) is 54.5 Å². The Labute approximate surface area is 251 Å². The molecule has 4 aromatic rings. The molecule has 1 N–H and O–H groups in total. The number of aryl methyl sites for hydroxylation is 2. The number of aromatic carboxylic acids is 1. The lowest BCUT2D eigenvalue weighted by atomic mass is 9.88. The molecule has 220 valence electrons. The van der Waals surface area contributed by atoms with Gasteiger partial charge in [-0.1, -0.05) is 98.8 Å². The summed E-state index contributed by atoms with van der Waals surface area (Å²) in [6, 6.07) is 24.8. The molecule has 1 heterocycles. The van der Waals surface area contributed by atoms with Crippen molar-refractivity contribution in [3.63, 3.8) is 0 Å². The molecule has 5 heteroatoms. The highest BCUT2D eigenvalue weighted by Crippen LogP contribution is 2.34. The van der Waals surface area contributed by atoms with Crippen LogP contribution < -0.4 is 0 Å². The third kappa shape index (κ3) is 7.19. The summed E-state index contributed by atoms with van der Waals surface area (Å²) in [4.78, 5) is 19.5. The van der Waals surface area contributed by atoms with Gasteiger partial charge in [-0.2, -0.15) is 0 Å². The molecule has 42 heavy (non-hydrogen) atoms. The highest BCUT2D eigenvalue weighted by molar-refractivity contribution is 5.87. The fourth-order valence-electron chi connectivity index (χ4n) is 6.32. The van der Waals surface area contributed by atoms with Crippen LogP contribution in [0.5, 0.6) is 0 Å². The van der Waals surface area contributed by atoms with Crippen LogP contribution in [0, 0.1) is 19.8 Å². The van der Waals surface area contributed by atoms with Crippen LogP contribution in [0.4, 0.5) is 0 Å². The summed E-state index contributed by atoms with van der Waals surface area (Å²) in [6.07, 6.45) is 8.74. The number of carboxylic acids is 1. The summed E-state index contributed by atoms with van der Waals surface area (Å²) in [6.45, 7) is 10.1. The van der Waals surface area contributed by atoms with E-state index < -0.39 is 5.97 Å². The van der Waals surface area contributed by atoms with Crippen LogP contribution in [0.15, 0.2) is 72.8 Å². The summed E-state index contributed by atoms with van der Waals surface area (Å²) >= 11 is 0. The quantitative estimate of drug-likeness (QED) is 0.187. The Morgan fingerprint density at radius 2 is 1.64 bits per heavy atom. The Morgan fingerprint density at radius 3 is 2.31 bits per heavy atom. The van der Waals surface area contributed by atoms with Crippen LogP contribution in [0.2, 0.25) is 0 Å². The van der Waals surface area contributed by atoms with Gasteiger partial charge in [0.2, 0.25) is 0 Å². The maximum atomic E-state index is 11.5. The largest absolute Gasteiger partial charge is 0.478 e. The van der Waals surface area contributed by atoms with E-state index in [9.17, 15) is 9.90 Å². The molecular weight excluding hydrogens is 518 g/mol. The van der Waals surface area contributed by atoms with Gasteiger partial charge < -0.3 is 9.67 Å². The minimum atomic E-state index is -0.882. The van der Waals surface area contributed by atoms with Gasteiger partial charge in [-0.3, -0.25) is 4.90 Å². The van der Waals surface area contributed by atoms with E-state index in [4.69, 9.17) is 4.98 Å². The zero-order valence-electron chi connectivity index (χ0n) is 25.5. The number of benzene rings is 3. The highest BCUT2D eigenvalue weighted by atomic mass is 16.4. The molecule has 0 bridgehead atoms. The lowest BCUT2D eigenvalue weighted by molar-refractivity contribution is 0.0697. The van der Waals surface area contributed by atoms with Crippen LogP contribution in [-0.2, 0) is 19.6 Å². The van der Waals surface area contributed by atoms with E-state index in [0.717, 1.165) is 61.7 Å². The minimum absolute atomic E-state index is 0.333. The summed E-state index contributed by atoms with van der Waals surface area (Å²) in [7, 11) is 0. The highest BCUT2D eigenvalue weighted by Gasteiger charge is 2.25. The van der Waals surface area contributed by atoms with E-state index in [1.807, 2.05) is 12.1 Å². The zero-order valence-corrected chi connectivity index (χ0v) is 25.5. The fraction of sp³-hybridized carbons (Fsp3) is 0.405. The van der Waals surface area contributed by atoms with Crippen LogP contribution in [-0.4, -0.2) is 32.1 Å². The molecule has 3 aromatic carbocycles. The number of aromatic nitrogens is 2. The average molecular weight is 564 g/mol. The molecule has 0 aliphatic heterocycles. The van der Waals surface area contributed by atoms with Gasteiger partial charge in [-0.25, -0.2) is 9.78 Å². The first-order valence-electron chi connectivity index (χ1n) is 15.7. The Balaban J connectivity index is 1.59. The number of nitrogens with zero attached hydrogens (tertiary/aromatic N) is 3. The van der Waals surface area contributed by atoms with Crippen molar-refractivity contribution in [1.29, 1.82) is 0 Å². The van der Waals surface area contributed by atoms with E-state index in [-0.39, 0.29) is 0 Å². The molecule has 0 amide bonds. The molecule has 1 aliphatic carbocycles. The Kier molecular flexibility index (Phi) is 9.91. The summed E-state index contributed by atoms with van der Waals surface area (Å²) in [5.74, 6) is 0.852. The van der Waals surface area contributed by atoms with Gasteiger partial charge in [0.05, 0.1) is 17.0 Å². The summed E-state index contributed by atoms with van der Waals surface area (Å²) in [5.41, 5.74) is 8.64.